The standard InChI is InChI=1S/C11H13BrClNO2/c12-9-8(3-6-16-9)10(15)14-11(7-13)4-1-2-5-11/h3,6H,1-2,4-5,7H2,(H,14,15). The van der Waals surface area contributed by atoms with Crippen LogP contribution in [0.5, 0.6) is 0 Å². The van der Waals surface area contributed by atoms with Crippen LogP contribution in [-0.2, 0) is 0 Å². The summed E-state index contributed by atoms with van der Waals surface area (Å²) in [7, 11) is 0. The van der Waals surface area contributed by atoms with E-state index in [9.17, 15) is 4.79 Å². The number of carbonyl (C=O) groups excluding carboxylic acids is 1. The molecular weight excluding hydrogens is 293 g/mol. The molecule has 16 heavy (non-hydrogen) atoms. The van der Waals surface area contributed by atoms with E-state index in [1.807, 2.05) is 0 Å². The molecule has 88 valence electrons. The minimum atomic E-state index is -0.227. The van der Waals surface area contributed by atoms with Gasteiger partial charge in [0, 0.05) is 5.88 Å². The molecule has 1 amide bonds. The monoisotopic (exact) mass is 305 g/mol. The van der Waals surface area contributed by atoms with E-state index < -0.39 is 0 Å². The molecule has 0 atom stereocenters. The van der Waals surface area contributed by atoms with Gasteiger partial charge in [0.2, 0.25) is 0 Å². The number of rotatable bonds is 3. The fourth-order valence-corrected chi connectivity index (χ4v) is 2.86. The average Bonchev–Trinajstić information content (AvgIpc) is 2.87. The topological polar surface area (TPSA) is 42.2 Å². The minimum Gasteiger partial charge on any atom is -0.457 e. The van der Waals surface area contributed by atoms with Gasteiger partial charge in [-0.3, -0.25) is 4.79 Å². The van der Waals surface area contributed by atoms with Crippen LogP contribution in [0, 0.1) is 0 Å². The van der Waals surface area contributed by atoms with Gasteiger partial charge in [0.05, 0.1) is 17.4 Å². The van der Waals surface area contributed by atoms with Crippen molar-refractivity contribution in [1.82, 2.24) is 5.32 Å². The lowest BCUT2D eigenvalue weighted by atomic mass is 10.00. The van der Waals surface area contributed by atoms with Crippen molar-refractivity contribution in [2.24, 2.45) is 0 Å². The Bertz CT molecular complexity index is 385. The summed E-state index contributed by atoms with van der Waals surface area (Å²) in [5.74, 6) is 0.344. The molecule has 0 aliphatic heterocycles. The van der Waals surface area contributed by atoms with Gasteiger partial charge >= 0.3 is 0 Å². The van der Waals surface area contributed by atoms with Crippen LogP contribution in [0.2, 0.25) is 0 Å². The Morgan fingerprint density at radius 1 is 1.56 bits per heavy atom. The number of furan rings is 1. The fourth-order valence-electron chi connectivity index (χ4n) is 2.11. The van der Waals surface area contributed by atoms with Crippen LogP contribution in [0.15, 0.2) is 21.4 Å². The normalized spacial score (nSPS) is 18.6. The molecule has 0 saturated heterocycles. The molecule has 2 rings (SSSR count). The SMILES string of the molecule is O=C(NC1(CCl)CCCC1)c1ccoc1Br. The van der Waals surface area contributed by atoms with Gasteiger partial charge in [-0.15, -0.1) is 11.6 Å². The van der Waals surface area contributed by atoms with Crippen molar-refractivity contribution in [3.05, 3.63) is 22.6 Å². The molecule has 0 spiro atoms. The molecule has 1 fully saturated rings. The van der Waals surface area contributed by atoms with Gasteiger partial charge in [-0.05, 0) is 34.8 Å². The molecule has 1 aliphatic rings. The molecule has 1 aromatic rings. The fraction of sp³-hybridized carbons (Fsp3) is 0.545. The second kappa shape index (κ2) is 4.80. The van der Waals surface area contributed by atoms with E-state index in [0.29, 0.717) is 16.1 Å². The molecule has 0 radical (unpaired) electrons. The van der Waals surface area contributed by atoms with Crippen LogP contribution in [-0.4, -0.2) is 17.3 Å². The van der Waals surface area contributed by atoms with E-state index in [4.69, 9.17) is 16.0 Å². The Morgan fingerprint density at radius 2 is 2.25 bits per heavy atom. The molecule has 3 nitrogen and oxygen atoms in total. The smallest absolute Gasteiger partial charge is 0.256 e. The zero-order chi connectivity index (χ0) is 11.6. The number of nitrogens with one attached hydrogen (secondary N) is 1. The van der Waals surface area contributed by atoms with Gasteiger partial charge < -0.3 is 9.73 Å². The molecule has 1 saturated carbocycles. The van der Waals surface area contributed by atoms with Crippen molar-refractivity contribution in [2.45, 2.75) is 31.2 Å². The van der Waals surface area contributed by atoms with Crippen molar-refractivity contribution in [3.8, 4) is 0 Å². The highest BCUT2D eigenvalue weighted by Gasteiger charge is 2.35. The van der Waals surface area contributed by atoms with E-state index in [1.165, 1.54) is 6.26 Å². The second-order valence-corrected chi connectivity index (χ2v) is 5.17. The van der Waals surface area contributed by atoms with Gasteiger partial charge in [0.15, 0.2) is 4.67 Å². The number of alkyl halides is 1. The van der Waals surface area contributed by atoms with Crippen molar-refractivity contribution < 1.29 is 9.21 Å². The van der Waals surface area contributed by atoms with Crippen LogP contribution < -0.4 is 5.32 Å². The quantitative estimate of drug-likeness (QED) is 0.870. The van der Waals surface area contributed by atoms with Gasteiger partial charge in [-0.1, -0.05) is 12.8 Å². The third-order valence-corrected chi connectivity index (χ3v) is 4.18. The Labute approximate surface area is 108 Å². The lowest BCUT2D eigenvalue weighted by molar-refractivity contribution is 0.0907. The highest BCUT2D eigenvalue weighted by molar-refractivity contribution is 9.10. The molecule has 1 heterocycles. The number of amides is 1. The molecule has 0 aromatic carbocycles. The first kappa shape index (κ1) is 12.0. The van der Waals surface area contributed by atoms with Crippen LogP contribution in [0.3, 0.4) is 0 Å². The minimum absolute atomic E-state index is 0.122. The maximum absolute atomic E-state index is 12.0. The number of hydrogen-bond acceptors (Lipinski definition) is 2. The van der Waals surface area contributed by atoms with Gasteiger partial charge in [-0.25, -0.2) is 0 Å². The van der Waals surface area contributed by atoms with Crippen molar-refractivity contribution in [2.75, 3.05) is 5.88 Å². The summed E-state index contributed by atoms with van der Waals surface area (Å²) in [5, 5.41) is 3.02. The highest BCUT2D eigenvalue weighted by atomic mass is 79.9. The lowest BCUT2D eigenvalue weighted by Crippen LogP contribution is -2.47. The van der Waals surface area contributed by atoms with E-state index in [0.717, 1.165) is 25.7 Å². The number of carbonyl (C=O) groups is 1. The summed E-state index contributed by atoms with van der Waals surface area (Å²) in [6.45, 7) is 0. The number of halogens is 2. The zero-order valence-corrected chi connectivity index (χ0v) is 11.1. The molecule has 1 N–H and O–H groups in total. The van der Waals surface area contributed by atoms with E-state index in [-0.39, 0.29) is 11.4 Å². The average molecular weight is 307 g/mol. The summed E-state index contributed by atoms with van der Waals surface area (Å²) in [4.78, 5) is 12.0. The van der Waals surface area contributed by atoms with E-state index in [1.54, 1.807) is 6.07 Å². The summed E-state index contributed by atoms with van der Waals surface area (Å²) in [6, 6.07) is 1.65. The molecule has 5 heteroatoms. The molecular formula is C11H13BrClNO2. The van der Waals surface area contributed by atoms with E-state index in [2.05, 4.69) is 21.2 Å². The maximum Gasteiger partial charge on any atom is 0.256 e. The van der Waals surface area contributed by atoms with Crippen LogP contribution in [0.1, 0.15) is 36.0 Å². The Kier molecular flexibility index (Phi) is 3.60. The third kappa shape index (κ3) is 2.28. The highest BCUT2D eigenvalue weighted by Crippen LogP contribution is 2.31. The Morgan fingerprint density at radius 3 is 2.75 bits per heavy atom. The largest absolute Gasteiger partial charge is 0.457 e. The molecule has 0 unspecified atom stereocenters. The van der Waals surface area contributed by atoms with Crippen LogP contribution >= 0.6 is 27.5 Å². The molecule has 0 bridgehead atoms. The molecule has 1 aliphatic carbocycles. The Balaban J connectivity index is 2.09. The predicted molar refractivity (Wildman–Crippen MR) is 65.8 cm³/mol. The first-order valence-corrected chi connectivity index (χ1v) is 6.61. The Hall–Kier alpha value is -0.480. The predicted octanol–water partition coefficient (Wildman–Crippen LogP) is 3.32. The van der Waals surface area contributed by atoms with Gasteiger partial charge in [0.1, 0.15) is 0 Å². The van der Waals surface area contributed by atoms with Crippen LogP contribution in [0.4, 0.5) is 0 Å². The summed E-state index contributed by atoms with van der Waals surface area (Å²) in [6.07, 6.45) is 5.65. The van der Waals surface area contributed by atoms with Crippen molar-refractivity contribution in [1.29, 1.82) is 0 Å². The lowest BCUT2D eigenvalue weighted by Gasteiger charge is -2.27. The van der Waals surface area contributed by atoms with Crippen LogP contribution in [0.25, 0.3) is 0 Å². The van der Waals surface area contributed by atoms with Gasteiger partial charge in [0.25, 0.3) is 5.91 Å². The summed E-state index contributed by atoms with van der Waals surface area (Å²) < 4.78 is 5.51. The van der Waals surface area contributed by atoms with Crippen molar-refractivity contribution >= 4 is 33.4 Å². The van der Waals surface area contributed by atoms with E-state index >= 15 is 0 Å². The number of hydrogen-bond donors (Lipinski definition) is 1. The maximum atomic E-state index is 12.0. The first-order valence-electron chi connectivity index (χ1n) is 5.28. The van der Waals surface area contributed by atoms with Crippen molar-refractivity contribution in [3.63, 3.8) is 0 Å². The summed E-state index contributed by atoms with van der Waals surface area (Å²) in [5.41, 5.74) is 0.298. The van der Waals surface area contributed by atoms with Gasteiger partial charge in [-0.2, -0.15) is 0 Å². The second-order valence-electron chi connectivity index (χ2n) is 4.18. The molecule has 1 aromatic heterocycles. The first-order chi connectivity index (χ1) is 7.67. The zero-order valence-electron chi connectivity index (χ0n) is 8.76. The summed E-state index contributed by atoms with van der Waals surface area (Å²) >= 11 is 9.16. The third-order valence-electron chi connectivity index (χ3n) is 3.06.